The minimum Gasteiger partial charge on any atom is -0.462 e. The van der Waals surface area contributed by atoms with Gasteiger partial charge >= 0.3 is 5.97 Å². The van der Waals surface area contributed by atoms with Crippen molar-refractivity contribution in [2.75, 3.05) is 32.8 Å². The van der Waals surface area contributed by atoms with Gasteiger partial charge in [0, 0.05) is 0 Å². The summed E-state index contributed by atoms with van der Waals surface area (Å²) < 4.78 is 6.17. The quantitative estimate of drug-likeness (QED) is 0.391. The summed E-state index contributed by atoms with van der Waals surface area (Å²) in [7, 11) is 0. The number of quaternary nitrogens is 1. The zero-order valence-electron chi connectivity index (χ0n) is 16.2. The van der Waals surface area contributed by atoms with Crippen LogP contribution in [0.5, 0.6) is 0 Å². The van der Waals surface area contributed by atoms with Crippen molar-refractivity contribution in [1.82, 2.24) is 0 Å². The first-order valence-corrected chi connectivity index (χ1v) is 9.21. The molecular weight excluding hydrogens is 274 g/mol. The lowest BCUT2D eigenvalue weighted by atomic mass is 10.0. The van der Waals surface area contributed by atoms with Crippen LogP contribution in [0.25, 0.3) is 0 Å². The molecule has 0 bridgehead atoms. The van der Waals surface area contributed by atoms with E-state index in [0.717, 1.165) is 24.1 Å². The summed E-state index contributed by atoms with van der Waals surface area (Å²) >= 11 is 0. The molecule has 22 heavy (non-hydrogen) atoms. The normalized spacial score (nSPS) is 12.5. The van der Waals surface area contributed by atoms with Gasteiger partial charge in [-0.1, -0.05) is 41.5 Å². The van der Waals surface area contributed by atoms with Crippen molar-refractivity contribution in [1.29, 1.82) is 0 Å². The number of carbonyl (C=O) groups excluding carboxylic acids is 1. The molecule has 0 aromatic rings. The predicted molar refractivity (Wildman–Crippen MR) is 94.7 cm³/mol. The Morgan fingerprint density at radius 2 is 1.18 bits per heavy atom. The van der Waals surface area contributed by atoms with Crippen LogP contribution in [0.4, 0.5) is 0 Å². The van der Waals surface area contributed by atoms with Crippen molar-refractivity contribution in [3.63, 3.8) is 0 Å². The molecule has 0 saturated carbocycles. The molecule has 0 unspecified atom stereocenters. The average Bonchev–Trinajstić information content (AvgIpc) is 2.40. The Morgan fingerprint density at radius 3 is 1.45 bits per heavy atom. The van der Waals surface area contributed by atoms with E-state index >= 15 is 0 Å². The fourth-order valence-electron chi connectivity index (χ4n) is 2.65. The van der Waals surface area contributed by atoms with Gasteiger partial charge in [0.05, 0.1) is 26.2 Å². The van der Waals surface area contributed by atoms with Crippen molar-refractivity contribution in [3.8, 4) is 0 Å². The molecule has 3 nitrogen and oxygen atoms in total. The second kappa shape index (κ2) is 11.0. The molecule has 0 heterocycles. The van der Waals surface area contributed by atoms with E-state index in [0.29, 0.717) is 30.9 Å². The van der Waals surface area contributed by atoms with Crippen LogP contribution >= 0.6 is 0 Å². The van der Waals surface area contributed by atoms with E-state index in [9.17, 15) is 4.79 Å². The van der Waals surface area contributed by atoms with Gasteiger partial charge in [-0.3, -0.25) is 0 Å². The van der Waals surface area contributed by atoms with Crippen LogP contribution in [-0.2, 0) is 9.53 Å². The van der Waals surface area contributed by atoms with Gasteiger partial charge in [0.2, 0.25) is 0 Å². The first-order valence-electron chi connectivity index (χ1n) is 9.21. The van der Waals surface area contributed by atoms with Gasteiger partial charge in [-0.2, -0.15) is 0 Å². The van der Waals surface area contributed by atoms with E-state index < -0.39 is 0 Å². The van der Waals surface area contributed by atoms with Crippen LogP contribution in [0.15, 0.2) is 0 Å². The molecule has 0 atom stereocenters. The van der Waals surface area contributed by atoms with Crippen molar-refractivity contribution in [2.45, 2.75) is 67.7 Å². The molecule has 0 aromatic heterocycles. The SMILES string of the molecule is CCOC(=O)C[N+](CCC(C)C)(CCC(C)C)CCC(C)C. The number of carbonyl (C=O) groups is 1. The molecule has 0 radical (unpaired) electrons. The molecular formula is C19H40NO2+. The van der Waals surface area contributed by atoms with Crippen LogP contribution in [-0.4, -0.2) is 43.2 Å². The molecule has 132 valence electrons. The highest BCUT2D eigenvalue weighted by molar-refractivity contribution is 5.70. The fraction of sp³-hybridized carbons (Fsp3) is 0.947. The van der Waals surface area contributed by atoms with Crippen LogP contribution in [0.1, 0.15) is 67.7 Å². The largest absolute Gasteiger partial charge is 0.462 e. The summed E-state index contributed by atoms with van der Waals surface area (Å²) in [5.74, 6) is 2.01. The number of hydrogen-bond donors (Lipinski definition) is 0. The standard InChI is InChI=1S/C19H40NO2/c1-8-22-19(21)15-20(12-9-16(2)3,13-10-17(4)5)14-11-18(6)7/h16-18H,8-15H2,1-7H3/q+1. The first-order chi connectivity index (χ1) is 10.2. The lowest BCUT2D eigenvalue weighted by molar-refractivity contribution is -0.923. The molecule has 0 N–H and O–H groups in total. The van der Waals surface area contributed by atoms with Gasteiger partial charge in [0.1, 0.15) is 0 Å². The molecule has 0 aliphatic rings. The van der Waals surface area contributed by atoms with E-state index in [4.69, 9.17) is 4.74 Å². The topological polar surface area (TPSA) is 26.3 Å². The molecule has 0 fully saturated rings. The number of ether oxygens (including phenoxy) is 1. The summed E-state index contributed by atoms with van der Waals surface area (Å²) in [4.78, 5) is 12.2. The Kier molecular flexibility index (Phi) is 10.8. The van der Waals surface area contributed by atoms with E-state index in [2.05, 4.69) is 41.5 Å². The monoisotopic (exact) mass is 314 g/mol. The molecule has 0 aliphatic carbocycles. The van der Waals surface area contributed by atoms with Crippen LogP contribution < -0.4 is 0 Å². The summed E-state index contributed by atoms with van der Waals surface area (Å²) in [6, 6.07) is 0. The Morgan fingerprint density at radius 1 is 0.818 bits per heavy atom. The van der Waals surface area contributed by atoms with E-state index in [-0.39, 0.29) is 5.97 Å². The maximum Gasteiger partial charge on any atom is 0.361 e. The smallest absolute Gasteiger partial charge is 0.361 e. The first kappa shape index (κ1) is 21.4. The lowest BCUT2D eigenvalue weighted by Crippen LogP contribution is -2.54. The van der Waals surface area contributed by atoms with Gasteiger partial charge < -0.3 is 9.22 Å². The third-order valence-electron chi connectivity index (χ3n) is 4.31. The minimum absolute atomic E-state index is 0.0289. The maximum atomic E-state index is 12.2. The van der Waals surface area contributed by atoms with Crippen molar-refractivity contribution in [3.05, 3.63) is 0 Å². The van der Waals surface area contributed by atoms with Crippen LogP contribution in [0.2, 0.25) is 0 Å². The summed E-state index contributed by atoms with van der Waals surface area (Å²) in [6.45, 7) is 19.8. The molecule has 0 aliphatic heterocycles. The Hall–Kier alpha value is -0.570. The summed E-state index contributed by atoms with van der Waals surface area (Å²) in [6.07, 6.45) is 3.53. The second-order valence-corrected chi connectivity index (χ2v) is 8.02. The van der Waals surface area contributed by atoms with Crippen molar-refractivity contribution < 1.29 is 14.0 Å². The molecule has 0 aromatic carbocycles. The van der Waals surface area contributed by atoms with Crippen molar-refractivity contribution in [2.24, 2.45) is 17.8 Å². The number of nitrogens with zero attached hydrogens (tertiary/aromatic N) is 1. The van der Waals surface area contributed by atoms with Gasteiger partial charge in [-0.25, -0.2) is 4.79 Å². The van der Waals surface area contributed by atoms with Crippen LogP contribution in [0, 0.1) is 17.8 Å². The Labute approximate surface area is 139 Å². The van der Waals surface area contributed by atoms with E-state index in [1.807, 2.05) is 6.92 Å². The van der Waals surface area contributed by atoms with Gasteiger partial charge in [0.25, 0.3) is 0 Å². The highest BCUT2D eigenvalue weighted by atomic mass is 16.5. The average molecular weight is 315 g/mol. The molecule has 0 spiro atoms. The highest BCUT2D eigenvalue weighted by Gasteiger charge is 2.31. The lowest BCUT2D eigenvalue weighted by Gasteiger charge is -2.39. The van der Waals surface area contributed by atoms with Gasteiger partial charge in [-0.15, -0.1) is 0 Å². The van der Waals surface area contributed by atoms with Crippen molar-refractivity contribution >= 4 is 5.97 Å². The number of esters is 1. The number of rotatable bonds is 12. The second-order valence-electron chi connectivity index (χ2n) is 8.02. The Balaban J connectivity index is 5.03. The fourth-order valence-corrected chi connectivity index (χ4v) is 2.65. The van der Waals surface area contributed by atoms with E-state index in [1.54, 1.807) is 0 Å². The van der Waals surface area contributed by atoms with Crippen LogP contribution in [0.3, 0.4) is 0 Å². The molecule has 0 rings (SSSR count). The van der Waals surface area contributed by atoms with E-state index in [1.165, 1.54) is 19.3 Å². The zero-order chi connectivity index (χ0) is 17.2. The molecule has 0 amide bonds. The predicted octanol–water partition coefficient (Wildman–Crippen LogP) is 4.50. The van der Waals surface area contributed by atoms with Gasteiger partial charge in [-0.05, 0) is 43.9 Å². The third kappa shape index (κ3) is 10.2. The summed E-state index contributed by atoms with van der Waals surface area (Å²) in [5, 5.41) is 0. The summed E-state index contributed by atoms with van der Waals surface area (Å²) in [5.41, 5.74) is 0. The zero-order valence-corrected chi connectivity index (χ0v) is 16.2. The maximum absolute atomic E-state index is 12.2. The third-order valence-corrected chi connectivity index (χ3v) is 4.31. The highest BCUT2D eigenvalue weighted by Crippen LogP contribution is 2.19. The molecule has 0 saturated heterocycles. The molecule has 3 heteroatoms. The number of hydrogen-bond acceptors (Lipinski definition) is 2. The Bertz CT molecular complexity index is 267. The van der Waals surface area contributed by atoms with Gasteiger partial charge in [0.15, 0.2) is 6.54 Å². The minimum atomic E-state index is -0.0289.